The van der Waals surface area contributed by atoms with E-state index in [0.29, 0.717) is 22.4 Å². The molecule has 0 aliphatic rings. The highest BCUT2D eigenvalue weighted by molar-refractivity contribution is 6.33. The quantitative estimate of drug-likeness (QED) is 0.832. The van der Waals surface area contributed by atoms with Crippen molar-refractivity contribution >= 4 is 29.1 Å². The van der Waals surface area contributed by atoms with Crippen molar-refractivity contribution in [2.24, 2.45) is 0 Å². The zero-order chi connectivity index (χ0) is 16.7. The second kappa shape index (κ2) is 8.48. The van der Waals surface area contributed by atoms with Gasteiger partial charge in [0.2, 0.25) is 5.95 Å². The summed E-state index contributed by atoms with van der Waals surface area (Å²) in [6.45, 7) is 5.94. The predicted molar refractivity (Wildman–Crippen MR) is 94.2 cm³/mol. The minimum Gasteiger partial charge on any atom is -0.341 e. The van der Waals surface area contributed by atoms with Gasteiger partial charge < -0.3 is 10.2 Å². The highest BCUT2D eigenvalue weighted by atomic mass is 35.5. The molecule has 1 aromatic heterocycles. The number of hydrogen-bond acceptors (Lipinski definition) is 4. The van der Waals surface area contributed by atoms with Crippen LogP contribution in [0.2, 0.25) is 5.02 Å². The second-order valence-corrected chi connectivity index (χ2v) is 5.57. The number of hydrogen-bond donors (Lipinski definition) is 1. The van der Waals surface area contributed by atoms with E-state index in [1.54, 1.807) is 24.4 Å². The Kier molecular flexibility index (Phi) is 6.35. The first kappa shape index (κ1) is 17.2. The van der Waals surface area contributed by atoms with Crippen LogP contribution in [0, 0.1) is 0 Å². The number of halogens is 1. The molecule has 1 aromatic carbocycles. The molecule has 23 heavy (non-hydrogen) atoms. The van der Waals surface area contributed by atoms with Gasteiger partial charge in [0, 0.05) is 19.3 Å². The number of nitrogens with one attached hydrogen (secondary N) is 1. The van der Waals surface area contributed by atoms with Crippen LogP contribution in [0.15, 0.2) is 36.5 Å². The molecule has 0 saturated heterocycles. The smallest absolute Gasteiger partial charge is 0.274 e. The topological polar surface area (TPSA) is 58.1 Å². The summed E-state index contributed by atoms with van der Waals surface area (Å²) in [5.74, 6) is 0.287. The Morgan fingerprint density at radius 3 is 2.52 bits per heavy atom. The number of para-hydroxylation sites is 1. The Bertz CT molecular complexity index is 657. The third-order valence-corrected chi connectivity index (χ3v) is 3.60. The first-order valence-electron chi connectivity index (χ1n) is 7.79. The van der Waals surface area contributed by atoms with Crippen molar-refractivity contribution in [3.63, 3.8) is 0 Å². The predicted octanol–water partition coefficient (Wildman–Crippen LogP) is 4.01. The normalized spacial score (nSPS) is 10.4. The average Bonchev–Trinajstić information content (AvgIpc) is 2.57. The van der Waals surface area contributed by atoms with Crippen molar-refractivity contribution in [1.82, 2.24) is 9.97 Å². The summed E-state index contributed by atoms with van der Waals surface area (Å²) in [7, 11) is 0. The molecule has 0 aliphatic heterocycles. The fourth-order valence-electron chi connectivity index (χ4n) is 2.23. The molecule has 0 atom stereocenters. The highest BCUT2D eigenvalue weighted by Gasteiger charge is 2.13. The number of rotatable bonds is 7. The van der Waals surface area contributed by atoms with E-state index in [2.05, 4.69) is 34.0 Å². The molecule has 2 aromatic rings. The number of nitrogens with zero attached hydrogens (tertiary/aromatic N) is 3. The Morgan fingerprint density at radius 2 is 1.87 bits per heavy atom. The van der Waals surface area contributed by atoms with E-state index in [1.807, 2.05) is 12.1 Å². The number of amides is 1. The molecule has 0 unspecified atom stereocenters. The molecule has 0 bridgehead atoms. The van der Waals surface area contributed by atoms with E-state index < -0.39 is 0 Å². The standard InChI is InChI=1S/C17H21ClN4O/c1-3-11-22(12-4-2)17-19-10-9-15(21-17)16(23)20-14-8-6-5-7-13(14)18/h5-10H,3-4,11-12H2,1-2H3,(H,20,23). The first-order chi connectivity index (χ1) is 11.2. The van der Waals surface area contributed by atoms with Crippen molar-refractivity contribution in [2.75, 3.05) is 23.3 Å². The van der Waals surface area contributed by atoms with Gasteiger partial charge in [0.05, 0.1) is 10.7 Å². The van der Waals surface area contributed by atoms with E-state index >= 15 is 0 Å². The minimum atomic E-state index is -0.297. The molecule has 1 heterocycles. The Balaban J connectivity index is 2.18. The maximum atomic E-state index is 12.4. The molecule has 0 saturated carbocycles. The van der Waals surface area contributed by atoms with E-state index in [9.17, 15) is 4.79 Å². The Morgan fingerprint density at radius 1 is 1.17 bits per heavy atom. The van der Waals surface area contributed by atoms with Crippen LogP contribution in [0.4, 0.5) is 11.6 Å². The van der Waals surface area contributed by atoms with Gasteiger partial charge in [-0.2, -0.15) is 0 Å². The van der Waals surface area contributed by atoms with E-state index in [4.69, 9.17) is 11.6 Å². The van der Waals surface area contributed by atoms with Crippen LogP contribution in [0.3, 0.4) is 0 Å². The number of carbonyl (C=O) groups is 1. The van der Waals surface area contributed by atoms with Crippen molar-refractivity contribution in [2.45, 2.75) is 26.7 Å². The van der Waals surface area contributed by atoms with Gasteiger partial charge in [-0.05, 0) is 31.0 Å². The van der Waals surface area contributed by atoms with E-state index in [-0.39, 0.29) is 5.91 Å². The first-order valence-corrected chi connectivity index (χ1v) is 8.17. The summed E-state index contributed by atoms with van der Waals surface area (Å²) >= 11 is 6.06. The van der Waals surface area contributed by atoms with E-state index in [1.165, 1.54) is 0 Å². The average molecular weight is 333 g/mol. The molecule has 0 aliphatic carbocycles. The zero-order valence-corrected chi connectivity index (χ0v) is 14.2. The molecule has 1 N–H and O–H groups in total. The van der Waals surface area contributed by atoms with Gasteiger partial charge in [0.25, 0.3) is 5.91 Å². The SMILES string of the molecule is CCCN(CCC)c1nccc(C(=O)Nc2ccccc2Cl)n1. The molecule has 0 fully saturated rings. The van der Waals surface area contributed by atoms with Gasteiger partial charge in [-0.25, -0.2) is 9.97 Å². The Labute approximate surface area is 141 Å². The number of aromatic nitrogens is 2. The summed E-state index contributed by atoms with van der Waals surface area (Å²) < 4.78 is 0. The van der Waals surface area contributed by atoms with Crippen LogP contribution in [0.25, 0.3) is 0 Å². The van der Waals surface area contributed by atoms with Crippen molar-refractivity contribution in [1.29, 1.82) is 0 Å². The molecule has 122 valence electrons. The number of anilines is 2. The highest BCUT2D eigenvalue weighted by Crippen LogP contribution is 2.21. The molecular weight excluding hydrogens is 312 g/mol. The Hall–Kier alpha value is -2.14. The summed E-state index contributed by atoms with van der Waals surface area (Å²) in [5.41, 5.74) is 0.894. The molecule has 2 rings (SSSR count). The van der Waals surface area contributed by atoms with Crippen LogP contribution >= 0.6 is 11.6 Å². The van der Waals surface area contributed by atoms with E-state index in [0.717, 1.165) is 25.9 Å². The monoisotopic (exact) mass is 332 g/mol. The summed E-state index contributed by atoms with van der Waals surface area (Å²) in [5, 5.41) is 3.27. The van der Waals surface area contributed by atoms with Crippen LogP contribution in [0.5, 0.6) is 0 Å². The lowest BCUT2D eigenvalue weighted by Crippen LogP contribution is -2.27. The lowest BCUT2D eigenvalue weighted by atomic mass is 10.3. The van der Waals surface area contributed by atoms with Crippen molar-refractivity contribution in [3.05, 3.63) is 47.2 Å². The number of carbonyl (C=O) groups excluding carboxylic acids is 1. The maximum absolute atomic E-state index is 12.4. The van der Waals surface area contributed by atoms with Gasteiger partial charge >= 0.3 is 0 Å². The van der Waals surface area contributed by atoms with Crippen LogP contribution in [-0.4, -0.2) is 29.0 Å². The molecule has 6 heteroatoms. The minimum absolute atomic E-state index is 0.297. The lowest BCUT2D eigenvalue weighted by Gasteiger charge is -2.21. The third-order valence-electron chi connectivity index (χ3n) is 3.27. The third kappa shape index (κ3) is 4.66. The van der Waals surface area contributed by atoms with Crippen molar-refractivity contribution < 1.29 is 4.79 Å². The fraction of sp³-hybridized carbons (Fsp3) is 0.353. The summed E-state index contributed by atoms with van der Waals surface area (Å²) in [6.07, 6.45) is 3.61. The fourth-order valence-corrected chi connectivity index (χ4v) is 2.41. The van der Waals surface area contributed by atoms with Gasteiger partial charge in [-0.15, -0.1) is 0 Å². The zero-order valence-electron chi connectivity index (χ0n) is 13.4. The molecule has 1 amide bonds. The lowest BCUT2D eigenvalue weighted by molar-refractivity contribution is 0.102. The molecule has 0 spiro atoms. The molecular formula is C17H21ClN4O. The van der Waals surface area contributed by atoms with Crippen molar-refractivity contribution in [3.8, 4) is 0 Å². The maximum Gasteiger partial charge on any atom is 0.274 e. The largest absolute Gasteiger partial charge is 0.341 e. The van der Waals surface area contributed by atoms with Gasteiger partial charge in [-0.3, -0.25) is 4.79 Å². The number of benzene rings is 1. The molecule has 5 nitrogen and oxygen atoms in total. The van der Waals surface area contributed by atoms with Gasteiger partial charge in [-0.1, -0.05) is 37.6 Å². The van der Waals surface area contributed by atoms with Crippen LogP contribution < -0.4 is 10.2 Å². The summed E-state index contributed by atoms with van der Waals surface area (Å²) in [4.78, 5) is 23.2. The van der Waals surface area contributed by atoms with Gasteiger partial charge in [0.15, 0.2) is 0 Å². The van der Waals surface area contributed by atoms with Crippen LogP contribution in [0.1, 0.15) is 37.2 Å². The second-order valence-electron chi connectivity index (χ2n) is 5.16. The molecule has 0 radical (unpaired) electrons. The summed E-state index contributed by atoms with van der Waals surface area (Å²) in [6, 6.07) is 8.71. The van der Waals surface area contributed by atoms with Crippen LogP contribution in [-0.2, 0) is 0 Å². The van der Waals surface area contributed by atoms with Gasteiger partial charge in [0.1, 0.15) is 5.69 Å².